The summed E-state index contributed by atoms with van der Waals surface area (Å²) in [6.45, 7) is 7.47. The molecule has 0 aromatic heterocycles. The highest BCUT2D eigenvalue weighted by atomic mass is 16.5. The number of amides is 1. The van der Waals surface area contributed by atoms with Gasteiger partial charge in [0.1, 0.15) is 0 Å². The van der Waals surface area contributed by atoms with Crippen molar-refractivity contribution in [2.24, 2.45) is 0 Å². The molecule has 1 aliphatic rings. The van der Waals surface area contributed by atoms with Crippen LogP contribution in [0.1, 0.15) is 27.2 Å². The third-order valence-electron chi connectivity index (χ3n) is 2.30. The molecule has 4 heteroatoms. The molecule has 0 radical (unpaired) electrons. The topological polar surface area (TPSA) is 49.8 Å². The minimum Gasteiger partial charge on any atom is -0.391 e. The lowest BCUT2D eigenvalue weighted by molar-refractivity contribution is -0.131. The first kappa shape index (κ1) is 11.5. The molecule has 1 amide bonds. The van der Waals surface area contributed by atoms with Gasteiger partial charge in [0.2, 0.25) is 5.91 Å². The fraction of sp³-hybridized carbons (Fsp3) is 0.900. The minimum absolute atomic E-state index is 0.0188. The van der Waals surface area contributed by atoms with Crippen LogP contribution in [0.5, 0.6) is 0 Å². The van der Waals surface area contributed by atoms with Gasteiger partial charge in [0, 0.05) is 19.7 Å². The average Bonchev–Trinajstić information content (AvgIpc) is 2.28. The molecule has 82 valence electrons. The Morgan fingerprint density at radius 1 is 1.64 bits per heavy atom. The molecule has 1 N–H and O–H groups in total. The van der Waals surface area contributed by atoms with E-state index >= 15 is 0 Å². The molecule has 4 nitrogen and oxygen atoms in total. The molecule has 0 aromatic carbocycles. The highest BCUT2D eigenvalue weighted by molar-refractivity contribution is 5.79. The summed E-state index contributed by atoms with van der Waals surface area (Å²) in [6.07, 6.45) is -0.248. The van der Waals surface area contributed by atoms with Crippen molar-refractivity contribution in [2.45, 2.75) is 38.9 Å². The molecule has 0 saturated carbocycles. The van der Waals surface area contributed by atoms with E-state index in [1.807, 2.05) is 20.8 Å². The Morgan fingerprint density at radius 2 is 2.29 bits per heavy atom. The van der Waals surface area contributed by atoms with Gasteiger partial charge in [-0.05, 0) is 20.8 Å². The standard InChI is InChI=1S/C10H19NO3/c1-4-14-10(2,3)7-11-6-8(12)5-9(11)13/h8,12H,4-7H2,1-3H3. The van der Waals surface area contributed by atoms with E-state index in [1.165, 1.54) is 0 Å². The van der Waals surface area contributed by atoms with Crippen molar-refractivity contribution in [3.63, 3.8) is 0 Å². The van der Waals surface area contributed by atoms with Gasteiger partial charge in [-0.25, -0.2) is 0 Å². The normalized spacial score (nSPS) is 23.3. The molecule has 0 aliphatic carbocycles. The van der Waals surface area contributed by atoms with Crippen LogP contribution >= 0.6 is 0 Å². The molecule has 1 unspecified atom stereocenters. The highest BCUT2D eigenvalue weighted by Gasteiger charge is 2.32. The van der Waals surface area contributed by atoms with Crippen molar-refractivity contribution in [3.05, 3.63) is 0 Å². The molecule has 0 bridgehead atoms. The summed E-state index contributed by atoms with van der Waals surface area (Å²) in [6, 6.07) is 0. The average molecular weight is 201 g/mol. The number of ether oxygens (including phenoxy) is 1. The maximum atomic E-state index is 11.4. The molecule has 1 heterocycles. The maximum absolute atomic E-state index is 11.4. The van der Waals surface area contributed by atoms with Crippen molar-refractivity contribution in [1.29, 1.82) is 0 Å². The summed E-state index contributed by atoms with van der Waals surface area (Å²) in [5.41, 5.74) is -0.325. The SMILES string of the molecule is CCOC(C)(C)CN1CC(O)CC1=O. The molecule has 1 aliphatic heterocycles. The van der Waals surface area contributed by atoms with Gasteiger partial charge in [0.05, 0.1) is 18.1 Å². The molecular weight excluding hydrogens is 182 g/mol. The number of β-amino-alcohol motifs (C(OH)–C–C–N with tert-alkyl or cyclic N) is 1. The second-order valence-corrected chi connectivity index (χ2v) is 4.32. The second-order valence-electron chi connectivity index (χ2n) is 4.32. The van der Waals surface area contributed by atoms with Crippen LogP contribution in [-0.4, -0.2) is 47.3 Å². The Labute approximate surface area is 84.8 Å². The molecule has 1 saturated heterocycles. The lowest BCUT2D eigenvalue weighted by Gasteiger charge is -2.29. The van der Waals surface area contributed by atoms with Gasteiger partial charge in [0.25, 0.3) is 0 Å². The van der Waals surface area contributed by atoms with Gasteiger partial charge in [-0.15, -0.1) is 0 Å². The fourth-order valence-corrected chi connectivity index (χ4v) is 1.80. The number of aliphatic hydroxyl groups excluding tert-OH is 1. The number of hydrogen-bond donors (Lipinski definition) is 1. The third-order valence-corrected chi connectivity index (χ3v) is 2.30. The zero-order chi connectivity index (χ0) is 10.8. The summed E-state index contributed by atoms with van der Waals surface area (Å²) in [5, 5.41) is 9.29. The van der Waals surface area contributed by atoms with E-state index < -0.39 is 6.10 Å². The predicted octanol–water partition coefficient (Wildman–Crippen LogP) is 0.395. The number of carbonyl (C=O) groups excluding carboxylic acids is 1. The minimum atomic E-state index is -0.500. The smallest absolute Gasteiger partial charge is 0.225 e. The highest BCUT2D eigenvalue weighted by Crippen LogP contribution is 2.17. The lowest BCUT2D eigenvalue weighted by atomic mass is 10.1. The van der Waals surface area contributed by atoms with E-state index in [-0.39, 0.29) is 17.9 Å². The van der Waals surface area contributed by atoms with Crippen molar-refractivity contribution < 1.29 is 14.6 Å². The number of rotatable bonds is 4. The van der Waals surface area contributed by atoms with E-state index in [1.54, 1.807) is 4.90 Å². The summed E-state index contributed by atoms with van der Waals surface area (Å²) >= 11 is 0. The van der Waals surface area contributed by atoms with Crippen LogP contribution in [0.25, 0.3) is 0 Å². The monoisotopic (exact) mass is 201 g/mol. The quantitative estimate of drug-likeness (QED) is 0.716. The molecule has 1 fully saturated rings. The first-order valence-electron chi connectivity index (χ1n) is 5.04. The molecule has 14 heavy (non-hydrogen) atoms. The van der Waals surface area contributed by atoms with Crippen LogP contribution in [0.4, 0.5) is 0 Å². The van der Waals surface area contributed by atoms with Gasteiger partial charge in [-0.2, -0.15) is 0 Å². The fourth-order valence-electron chi connectivity index (χ4n) is 1.80. The van der Waals surface area contributed by atoms with Gasteiger partial charge in [-0.1, -0.05) is 0 Å². The van der Waals surface area contributed by atoms with E-state index in [4.69, 9.17) is 4.74 Å². The largest absolute Gasteiger partial charge is 0.391 e. The van der Waals surface area contributed by atoms with Crippen LogP contribution in [-0.2, 0) is 9.53 Å². The van der Waals surface area contributed by atoms with Gasteiger partial charge in [0.15, 0.2) is 0 Å². The van der Waals surface area contributed by atoms with Gasteiger partial charge in [-0.3, -0.25) is 4.79 Å². The van der Waals surface area contributed by atoms with Crippen molar-refractivity contribution in [1.82, 2.24) is 4.90 Å². The molecular formula is C10H19NO3. The number of aliphatic hydroxyl groups is 1. The van der Waals surface area contributed by atoms with E-state index in [2.05, 4.69) is 0 Å². The Balaban J connectivity index is 2.47. The maximum Gasteiger partial charge on any atom is 0.225 e. The van der Waals surface area contributed by atoms with Crippen molar-refractivity contribution in [3.8, 4) is 0 Å². The van der Waals surface area contributed by atoms with E-state index in [0.717, 1.165) is 0 Å². The van der Waals surface area contributed by atoms with Crippen LogP contribution in [0.15, 0.2) is 0 Å². The molecule has 1 rings (SSSR count). The Bertz CT molecular complexity index is 215. The lowest BCUT2D eigenvalue weighted by Crippen LogP contribution is -2.41. The Morgan fingerprint density at radius 3 is 2.71 bits per heavy atom. The summed E-state index contributed by atoms with van der Waals surface area (Å²) in [7, 11) is 0. The van der Waals surface area contributed by atoms with Crippen molar-refractivity contribution in [2.75, 3.05) is 19.7 Å². The summed E-state index contributed by atoms with van der Waals surface area (Å²) < 4.78 is 5.50. The van der Waals surface area contributed by atoms with Gasteiger partial charge < -0.3 is 14.7 Å². The van der Waals surface area contributed by atoms with E-state index in [9.17, 15) is 9.90 Å². The first-order valence-corrected chi connectivity index (χ1v) is 5.04. The number of nitrogens with zero attached hydrogens (tertiary/aromatic N) is 1. The Kier molecular flexibility index (Phi) is 3.50. The number of likely N-dealkylation sites (tertiary alicyclic amines) is 1. The first-order chi connectivity index (χ1) is 6.44. The zero-order valence-corrected chi connectivity index (χ0v) is 9.12. The molecule has 0 spiro atoms. The molecule has 1 atom stereocenters. The van der Waals surface area contributed by atoms with Gasteiger partial charge >= 0.3 is 0 Å². The molecule has 0 aromatic rings. The van der Waals surface area contributed by atoms with Crippen molar-refractivity contribution >= 4 is 5.91 Å². The summed E-state index contributed by atoms with van der Waals surface area (Å²) in [5.74, 6) is 0.0188. The summed E-state index contributed by atoms with van der Waals surface area (Å²) in [4.78, 5) is 13.0. The predicted molar refractivity (Wildman–Crippen MR) is 52.9 cm³/mol. The number of hydrogen-bond acceptors (Lipinski definition) is 3. The van der Waals surface area contributed by atoms with Crippen LogP contribution in [0.3, 0.4) is 0 Å². The third kappa shape index (κ3) is 2.96. The van der Waals surface area contributed by atoms with Crippen LogP contribution < -0.4 is 0 Å². The van der Waals surface area contributed by atoms with E-state index in [0.29, 0.717) is 19.7 Å². The van der Waals surface area contributed by atoms with Crippen LogP contribution in [0.2, 0.25) is 0 Å². The zero-order valence-electron chi connectivity index (χ0n) is 9.12. The van der Waals surface area contributed by atoms with Crippen LogP contribution in [0, 0.1) is 0 Å². The Hall–Kier alpha value is -0.610. The second kappa shape index (κ2) is 4.28. The number of carbonyl (C=O) groups is 1.